The monoisotopic (exact) mass is 379 g/mol. The highest BCUT2D eigenvalue weighted by Crippen LogP contribution is 2.36. The van der Waals surface area contributed by atoms with Crippen LogP contribution in [0.1, 0.15) is 5.82 Å². The van der Waals surface area contributed by atoms with Gasteiger partial charge in [-0.2, -0.15) is 0 Å². The molecule has 0 atom stereocenters. The maximum absolute atomic E-state index is 4.82. The van der Waals surface area contributed by atoms with E-state index in [0.29, 0.717) is 13.1 Å². The first kappa shape index (κ1) is 17.6. The Balaban J connectivity index is 1.71. The molecule has 4 rings (SSSR count). The molecule has 0 aliphatic carbocycles. The fraction of sp³-hybridized carbons (Fsp3) is 0.263. The Kier molecular flexibility index (Phi) is 5.08. The Bertz CT molecular complexity index is 1010. The fourth-order valence-corrected chi connectivity index (χ4v) is 3.90. The largest absolute Gasteiger partial charge is 0.368 e. The summed E-state index contributed by atoms with van der Waals surface area (Å²) < 4.78 is 1.80. The first-order chi connectivity index (χ1) is 13.2. The van der Waals surface area contributed by atoms with Gasteiger partial charge < -0.3 is 10.2 Å². The molecule has 0 saturated carbocycles. The molecule has 0 unspecified atom stereocenters. The molecule has 0 aliphatic rings. The van der Waals surface area contributed by atoms with Crippen molar-refractivity contribution < 1.29 is 0 Å². The van der Waals surface area contributed by atoms with E-state index in [4.69, 9.17) is 9.97 Å². The summed E-state index contributed by atoms with van der Waals surface area (Å²) in [6.07, 6.45) is 3.54. The number of fused-ring (bicyclic) bond motifs is 1. The molecule has 0 spiro atoms. The molecule has 0 fully saturated rings. The number of anilines is 1. The third-order valence-electron chi connectivity index (χ3n) is 4.13. The van der Waals surface area contributed by atoms with Gasteiger partial charge in [0.25, 0.3) is 0 Å². The summed E-state index contributed by atoms with van der Waals surface area (Å²) in [7, 11) is 4.05. The number of thiophene rings is 1. The molecule has 7 nitrogen and oxygen atoms in total. The van der Waals surface area contributed by atoms with Gasteiger partial charge in [-0.25, -0.2) is 9.97 Å². The first-order valence-electron chi connectivity index (χ1n) is 8.77. The van der Waals surface area contributed by atoms with Crippen molar-refractivity contribution in [1.29, 1.82) is 0 Å². The summed E-state index contributed by atoms with van der Waals surface area (Å²) in [4.78, 5) is 12.7. The first-order valence-corrected chi connectivity index (χ1v) is 9.65. The van der Waals surface area contributed by atoms with Gasteiger partial charge in [0.1, 0.15) is 16.5 Å². The molecule has 0 aliphatic heterocycles. The summed E-state index contributed by atoms with van der Waals surface area (Å²) in [5, 5.41) is 14.6. The standard InChI is InChI=1S/C19H21N7S/c1-25(2)12-16-22-18(20-8-10-26-11-9-21-24-26)17-15(13-27-19(17)23-16)14-6-4-3-5-7-14/h3-7,9,11,13H,8,10,12H2,1-2H3,(H,20,22,23). The highest BCUT2D eigenvalue weighted by molar-refractivity contribution is 7.17. The zero-order chi connectivity index (χ0) is 18.6. The van der Waals surface area contributed by atoms with E-state index in [1.54, 1.807) is 22.2 Å². The smallest absolute Gasteiger partial charge is 0.146 e. The van der Waals surface area contributed by atoms with Gasteiger partial charge in [-0.1, -0.05) is 35.5 Å². The van der Waals surface area contributed by atoms with Crippen LogP contribution in [0.15, 0.2) is 48.1 Å². The predicted octanol–water partition coefficient (Wildman–Crippen LogP) is 3.12. The maximum Gasteiger partial charge on any atom is 0.146 e. The van der Waals surface area contributed by atoms with Crippen LogP contribution in [0, 0.1) is 0 Å². The van der Waals surface area contributed by atoms with Gasteiger partial charge in [0.2, 0.25) is 0 Å². The van der Waals surface area contributed by atoms with Crippen LogP contribution in [0.25, 0.3) is 21.3 Å². The molecule has 0 amide bonds. The van der Waals surface area contributed by atoms with Gasteiger partial charge >= 0.3 is 0 Å². The Morgan fingerprint density at radius 3 is 2.74 bits per heavy atom. The van der Waals surface area contributed by atoms with E-state index in [1.807, 2.05) is 26.4 Å². The number of hydrogen-bond donors (Lipinski definition) is 1. The number of hydrogen-bond acceptors (Lipinski definition) is 7. The third kappa shape index (κ3) is 3.96. The van der Waals surface area contributed by atoms with Crippen molar-refractivity contribution >= 4 is 27.4 Å². The minimum Gasteiger partial charge on any atom is -0.368 e. The summed E-state index contributed by atoms with van der Waals surface area (Å²) in [5.74, 6) is 1.69. The molecular weight excluding hydrogens is 358 g/mol. The Morgan fingerprint density at radius 1 is 1.15 bits per heavy atom. The number of rotatable bonds is 7. The molecule has 0 saturated heterocycles. The van der Waals surface area contributed by atoms with Crippen LogP contribution in [-0.4, -0.2) is 50.5 Å². The van der Waals surface area contributed by atoms with E-state index in [-0.39, 0.29) is 0 Å². The molecule has 1 N–H and O–H groups in total. The number of nitrogens with one attached hydrogen (secondary N) is 1. The molecule has 138 valence electrons. The lowest BCUT2D eigenvalue weighted by atomic mass is 10.1. The highest BCUT2D eigenvalue weighted by Gasteiger charge is 2.15. The molecule has 0 radical (unpaired) electrons. The molecular formula is C19H21N7S. The molecule has 0 bridgehead atoms. The fourth-order valence-electron chi connectivity index (χ4n) is 2.94. The molecule has 3 aromatic heterocycles. The summed E-state index contributed by atoms with van der Waals surface area (Å²) in [5.41, 5.74) is 2.34. The van der Waals surface area contributed by atoms with Crippen molar-refractivity contribution in [3.63, 3.8) is 0 Å². The van der Waals surface area contributed by atoms with Gasteiger partial charge in [-0.3, -0.25) is 4.68 Å². The van der Waals surface area contributed by atoms with Crippen LogP contribution < -0.4 is 5.32 Å². The van der Waals surface area contributed by atoms with Crippen molar-refractivity contribution in [1.82, 2.24) is 29.9 Å². The predicted molar refractivity (Wildman–Crippen MR) is 109 cm³/mol. The third-order valence-corrected chi connectivity index (χ3v) is 5.00. The van der Waals surface area contributed by atoms with E-state index in [2.05, 4.69) is 50.2 Å². The zero-order valence-corrected chi connectivity index (χ0v) is 16.1. The SMILES string of the molecule is CN(C)Cc1nc(NCCn2ccnn2)c2c(-c3ccccc3)csc2n1. The van der Waals surface area contributed by atoms with Gasteiger partial charge in [-0.15, -0.1) is 16.4 Å². The Morgan fingerprint density at radius 2 is 2.00 bits per heavy atom. The van der Waals surface area contributed by atoms with Gasteiger partial charge in [0.05, 0.1) is 24.7 Å². The van der Waals surface area contributed by atoms with Crippen molar-refractivity contribution in [3.8, 4) is 11.1 Å². The number of aromatic nitrogens is 5. The van der Waals surface area contributed by atoms with Crippen molar-refractivity contribution in [2.45, 2.75) is 13.1 Å². The topological polar surface area (TPSA) is 71.8 Å². The number of nitrogens with zero attached hydrogens (tertiary/aromatic N) is 6. The van der Waals surface area contributed by atoms with Crippen LogP contribution in [0.2, 0.25) is 0 Å². The summed E-state index contributed by atoms with van der Waals surface area (Å²) in [6.45, 7) is 2.13. The van der Waals surface area contributed by atoms with E-state index in [9.17, 15) is 0 Å². The summed E-state index contributed by atoms with van der Waals surface area (Å²) >= 11 is 1.66. The lowest BCUT2D eigenvalue weighted by Gasteiger charge is -2.13. The van der Waals surface area contributed by atoms with Gasteiger partial charge in [0, 0.05) is 23.7 Å². The van der Waals surface area contributed by atoms with Crippen molar-refractivity contribution in [2.75, 3.05) is 26.0 Å². The Labute approximate surface area is 161 Å². The second kappa shape index (κ2) is 7.81. The molecule has 4 aromatic rings. The average Bonchev–Trinajstić information content (AvgIpc) is 3.31. The van der Waals surface area contributed by atoms with Crippen LogP contribution in [-0.2, 0) is 13.1 Å². The molecule has 3 heterocycles. The number of benzene rings is 1. The lowest BCUT2D eigenvalue weighted by molar-refractivity contribution is 0.391. The van der Waals surface area contributed by atoms with E-state index >= 15 is 0 Å². The van der Waals surface area contributed by atoms with Crippen molar-refractivity contribution in [3.05, 3.63) is 53.9 Å². The second-order valence-corrected chi connectivity index (χ2v) is 7.37. The zero-order valence-electron chi connectivity index (χ0n) is 15.3. The van der Waals surface area contributed by atoms with Crippen LogP contribution in [0.4, 0.5) is 5.82 Å². The minimum absolute atomic E-state index is 0.701. The maximum atomic E-state index is 4.82. The molecule has 8 heteroatoms. The quantitative estimate of drug-likeness (QED) is 0.532. The highest BCUT2D eigenvalue weighted by atomic mass is 32.1. The lowest BCUT2D eigenvalue weighted by Crippen LogP contribution is -2.16. The minimum atomic E-state index is 0.701. The molecule has 27 heavy (non-hydrogen) atoms. The van der Waals surface area contributed by atoms with Gasteiger partial charge in [-0.05, 0) is 19.7 Å². The second-order valence-electron chi connectivity index (χ2n) is 6.51. The Hall–Kier alpha value is -2.84. The summed E-state index contributed by atoms with van der Waals surface area (Å²) in [6, 6.07) is 10.4. The normalized spacial score (nSPS) is 11.4. The van der Waals surface area contributed by atoms with Gasteiger partial charge in [0.15, 0.2) is 0 Å². The molecule has 1 aromatic carbocycles. The van der Waals surface area contributed by atoms with E-state index in [1.165, 1.54) is 5.56 Å². The van der Waals surface area contributed by atoms with Crippen LogP contribution >= 0.6 is 11.3 Å². The van der Waals surface area contributed by atoms with Crippen LogP contribution in [0.3, 0.4) is 0 Å². The average molecular weight is 379 g/mol. The van der Waals surface area contributed by atoms with Crippen molar-refractivity contribution in [2.24, 2.45) is 0 Å². The van der Waals surface area contributed by atoms with Crippen LogP contribution in [0.5, 0.6) is 0 Å². The van der Waals surface area contributed by atoms with E-state index in [0.717, 1.165) is 34.0 Å². The van der Waals surface area contributed by atoms with E-state index < -0.39 is 0 Å².